The van der Waals surface area contributed by atoms with Crippen molar-refractivity contribution in [2.45, 2.75) is 54.8 Å². The zero-order valence-electron chi connectivity index (χ0n) is 11.3. The molecule has 102 valence electrons. The lowest BCUT2D eigenvalue weighted by Gasteiger charge is -2.26. The Bertz CT molecular complexity index is 447. The normalized spacial score (nSPS) is 37.5. The van der Waals surface area contributed by atoms with E-state index < -0.39 is 0 Å². The summed E-state index contributed by atoms with van der Waals surface area (Å²) in [7, 11) is 0. The molecule has 19 heavy (non-hydrogen) atoms. The van der Waals surface area contributed by atoms with Gasteiger partial charge in [-0.3, -0.25) is 0 Å². The Kier molecular flexibility index (Phi) is 3.12. The molecule has 1 aliphatic heterocycles. The first-order valence-corrected chi connectivity index (χ1v) is 8.60. The molecule has 0 spiro atoms. The highest BCUT2D eigenvalue weighted by atomic mass is 32.2. The van der Waals surface area contributed by atoms with Gasteiger partial charge in [-0.2, -0.15) is 0 Å². The summed E-state index contributed by atoms with van der Waals surface area (Å²) in [4.78, 5) is 1.39. The zero-order chi connectivity index (χ0) is 12.8. The van der Waals surface area contributed by atoms with Gasteiger partial charge in [-0.05, 0) is 61.5 Å². The predicted octanol–water partition coefficient (Wildman–Crippen LogP) is 3.89. The molecule has 2 bridgehead atoms. The highest BCUT2D eigenvalue weighted by Gasteiger charge is 2.41. The van der Waals surface area contributed by atoms with Crippen molar-refractivity contribution in [3.05, 3.63) is 29.8 Å². The monoisotopic (exact) mass is 274 g/mol. The quantitative estimate of drug-likeness (QED) is 0.902. The van der Waals surface area contributed by atoms with E-state index >= 15 is 0 Å². The molecule has 0 saturated heterocycles. The van der Waals surface area contributed by atoms with E-state index in [0.29, 0.717) is 5.25 Å². The van der Waals surface area contributed by atoms with E-state index in [1.807, 2.05) is 11.8 Å². The van der Waals surface area contributed by atoms with Crippen molar-refractivity contribution in [3.8, 4) is 0 Å². The van der Waals surface area contributed by atoms with Crippen molar-refractivity contribution >= 4 is 11.8 Å². The molecule has 4 rings (SSSR count). The minimum Gasteiger partial charge on any atom is -0.392 e. The Morgan fingerprint density at radius 1 is 1.21 bits per heavy atom. The molecule has 2 saturated carbocycles. The third kappa shape index (κ3) is 2.23. The van der Waals surface area contributed by atoms with Crippen LogP contribution in [0.4, 0.5) is 0 Å². The molecule has 0 radical (unpaired) electrons. The van der Waals surface area contributed by atoms with E-state index in [4.69, 9.17) is 0 Å². The first-order chi connectivity index (χ1) is 9.29. The molecule has 0 amide bonds. The fourth-order valence-electron chi connectivity index (χ4n) is 4.55. The first-order valence-electron chi connectivity index (χ1n) is 7.72. The van der Waals surface area contributed by atoms with E-state index in [-0.39, 0.29) is 6.10 Å². The standard InChI is InChI=1S/C17H22OS/c18-15(9-14-8-11-5-6-12(14)7-11)17-10-13-3-1-2-4-16(13)19-17/h1-4,11-12,14-15,17-18H,5-10H2. The van der Waals surface area contributed by atoms with Gasteiger partial charge in [-0.25, -0.2) is 0 Å². The van der Waals surface area contributed by atoms with Crippen molar-refractivity contribution in [1.82, 2.24) is 0 Å². The second-order valence-corrected chi connectivity index (χ2v) is 7.99. The van der Waals surface area contributed by atoms with Gasteiger partial charge < -0.3 is 5.11 Å². The number of hydrogen-bond donors (Lipinski definition) is 1. The molecular weight excluding hydrogens is 252 g/mol. The zero-order valence-corrected chi connectivity index (χ0v) is 12.1. The van der Waals surface area contributed by atoms with Crippen molar-refractivity contribution in [3.63, 3.8) is 0 Å². The predicted molar refractivity (Wildman–Crippen MR) is 79.4 cm³/mol. The van der Waals surface area contributed by atoms with Crippen LogP contribution in [0.3, 0.4) is 0 Å². The molecule has 1 heterocycles. The smallest absolute Gasteiger partial charge is 0.0668 e. The van der Waals surface area contributed by atoms with E-state index in [1.165, 1.54) is 36.1 Å². The molecule has 2 heteroatoms. The Labute approximate surface area is 119 Å². The summed E-state index contributed by atoms with van der Waals surface area (Å²) in [5, 5.41) is 11.0. The van der Waals surface area contributed by atoms with Crippen LogP contribution in [0.1, 0.15) is 37.7 Å². The van der Waals surface area contributed by atoms with Crippen LogP contribution in [-0.2, 0) is 6.42 Å². The lowest BCUT2D eigenvalue weighted by Crippen LogP contribution is -2.27. The molecule has 1 aromatic rings. The van der Waals surface area contributed by atoms with Crippen LogP contribution < -0.4 is 0 Å². The van der Waals surface area contributed by atoms with E-state index in [2.05, 4.69) is 24.3 Å². The summed E-state index contributed by atoms with van der Waals surface area (Å²) >= 11 is 1.90. The Hall–Kier alpha value is -0.470. The highest BCUT2D eigenvalue weighted by Crippen LogP contribution is 2.51. The number of hydrogen-bond acceptors (Lipinski definition) is 2. The summed E-state index contributed by atoms with van der Waals surface area (Å²) in [6, 6.07) is 8.64. The van der Waals surface area contributed by atoms with Gasteiger partial charge in [0.1, 0.15) is 0 Å². The van der Waals surface area contributed by atoms with E-state index in [9.17, 15) is 5.11 Å². The largest absolute Gasteiger partial charge is 0.392 e. The van der Waals surface area contributed by atoms with Gasteiger partial charge in [0.05, 0.1) is 6.10 Å². The first kappa shape index (κ1) is 12.3. The maximum atomic E-state index is 10.6. The summed E-state index contributed by atoms with van der Waals surface area (Å²) < 4.78 is 0. The van der Waals surface area contributed by atoms with Gasteiger partial charge in [-0.15, -0.1) is 11.8 Å². The average Bonchev–Trinajstić information content (AvgIpc) is 3.12. The number of benzene rings is 1. The third-order valence-corrected chi connectivity index (χ3v) is 6.97. The molecule has 5 atom stereocenters. The van der Waals surface area contributed by atoms with Crippen LogP contribution >= 0.6 is 11.8 Å². The van der Waals surface area contributed by atoms with Crippen molar-refractivity contribution in [2.24, 2.45) is 17.8 Å². The van der Waals surface area contributed by atoms with Gasteiger partial charge in [-0.1, -0.05) is 24.6 Å². The van der Waals surface area contributed by atoms with Crippen LogP contribution in [0.15, 0.2) is 29.2 Å². The van der Waals surface area contributed by atoms with E-state index in [1.54, 1.807) is 0 Å². The number of thioether (sulfide) groups is 1. The summed E-state index contributed by atoms with van der Waals surface area (Å²) in [5.74, 6) is 2.75. The number of rotatable bonds is 3. The number of aliphatic hydroxyl groups excluding tert-OH is 1. The Morgan fingerprint density at radius 2 is 2.11 bits per heavy atom. The van der Waals surface area contributed by atoms with E-state index in [0.717, 1.165) is 30.6 Å². The molecule has 0 aromatic heterocycles. The molecule has 1 aromatic carbocycles. The molecular formula is C17H22OS. The Balaban J connectivity index is 1.39. The summed E-state index contributed by atoms with van der Waals surface area (Å²) in [6.45, 7) is 0. The highest BCUT2D eigenvalue weighted by molar-refractivity contribution is 8.00. The molecule has 1 N–H and O–H groups in total. The van der Waals surface area contributed by atoms with Crippen molar-refractivity contribution in [2.75, 3.05) is 0 Å². The van der Waals surface area contributed by atoms with Gasteiger partial charge in [0.2, 0.25) is 0 Å². The average molecular weight is 274 g/mol. The Morgan fingerprint density at radius 3 is 2.84 bits per heavy atom. The second kappa shape index (κ2) is 4.82. The van der Waals surface area contributed by atoms with Crippen molar-refractivity contribution < 1.29 is 5.11 Å². The SMILES string of the molecule is OC(CC1CC2CCC1C2)C1Cc2ccccc2S1. The molecule has 2 aliphatic carbocycles. The summed E-state index contributed by atoms with van der Waals surface area (Å²) in [5.41, 5.74) is 1.43. The van der Waals surface area contributed by atoms with Crippen LogP contribution in [0, 0.1) is 17.8 Å². The van der Waals surface area contributed by atoms with Gasteiger partial charge in [0, 0.05) is 10.1 Å². The third-order valence-electron chi connectivity index (χ3n) is 5.53. The fraction of sp³-hybridized carbons (Fsp3) is 0.647. The van der Waals surface area contributed by atoms with Crippen molar-refractivity contribution in [1.29, 1.82) is 0 Å². The second-order valence-electron chi connectivity index (χ2n) is 6.71. The van der Waals surface area contributed by atoms with Gasteiger partial charge >= 0.3 is 0 Å². The van der Waals surface area contributed by atoms with Crippen LogP contribution in [0.5, 0.6) is 0 Å². The molecule has 2 fully saturated rings. The topological polar surface area (TPSA) is 20.2 Å². The maximum absolute atomic E-state index is 10.6. The lowest BCUT2D eigenvalue weighted by atomic mass is 9.84. The van der Waals surface area contributed by atoms with Crippen LogP contribution in [-0.4, -0.2) is 16.5 Å². The number of fused-ring (bicyclic) bond motifs is 3. The van der Waals surface area contributed by atoms with Crippen LogP contribution in [0.25, 0.3) is 0 Å². The summed E-state index contributed by atoms with van der Waals surface area (Å²) in [6.07, 6.45) is 7.74. The molecule has 1 nitrogen and oxygen atoms in total. The van der Waals surface area contributed by atoms with Gasteiger partial charge in [0.25, 0.3) is 0 Å². The van der Waals surface area contributed by atoms with Crippen LogP contribution in [0.2, 0.25) is 0 Å². The minimum atomic E-state index is -0.109. The minimum absolute atomic E-state index is 0.109. The lowest BCUT2D eigenvalue weighted by molar-refractivity contribution is 0.122. The fourth-order valence-corrected chi connectivity index (χ4v) is 5.87. The number of aliphatic hydroxyl groups is 1. The maximum Gasteiger partial charge on any atom is 0.0668 e. The molecule has 5 unspecified atom stereocenters. The van der Waals surface area contributed by atoms with Gasteiger partial charge in [0.15, 0.2) is 0 Å². The molecule has 3 aliphatic rings.